The normalized spacial score (nSPS) is 12.1. The number of aliphatic carboxylic acids is 1. The quantitative estimate of drug-likeness (QED) is 0.180. The molecule has 1 N–H and O–H groups in total. The van der Waals surface area contributed by atoms with Crippen molar-refractivity contribution in [3.05, 3.63) is 0 Å². The summed E-state index contributed by atoms with van der Waals surface area (Å²) in [6, 6.07) is 0. The third-order valence-electron chi connectivity index (χ3n) is 5.08. The van der Waals surface area contributed by atoms with E-state index in [-0.39, 0.29) is 18.5 Å². The van der Waals surface area contributed by atoms with E-state index in [1.54, 1.807) is 0 Å². The number of carbonyl (C=O) groups is 2. The Labute approximate surface area is 167 Å². The lowest BCUT2D eigenvalue weighted by atomic mass is 10.0. The average molecular weight is 385 g/mol. The number of carboxylic acids is 1. The molecule has 0 spiro atoms. The highest BCUT2D eigenvalue weighted by atomic mass is 16.5. The molecule has 1 unspecified atom stereocenters. The van der Waals surface area contributed by atoms with E-state index < -0.39 is 5.97 Å². The number of esters is 1. The fraction of sp³-hybridized carbons (Fsp3) is 0.913. The van der Waals surface area contributed by atoms with Crippen molar-refractivity contribution in [3.8, 4) is 0 Å². The summed E-state index contributed by atoms with van der Waals surface area (Å²) in [5.41, 5.74) is 0. The molecule has 0 aliphatic heterocycles. The molecule has 0 fully saturated rings. The smallest absolute Gasteiger partial charge is 0.306 e. The molecule has 27 heavy (non-hydrogen) atoms. The van der Waals surface area contributed by atoms with Crippen molar-refractivity contribution in [1.29, 1.82) is 0 Å². The number of carboxylic acid groups (broad SMARTS) is 1. The predicted molar refractivity (Wildman–Crippen MR) is 112 cm³/mol. The molecule has 0 aliphatic carbocycles. The molecule has 0 aromatic carbocycles. The molecular formula is C23H44O4. The number of carbonyl (C=O) groups excluding carboxylic acids is 1. The second kappa shape index (κ2) is 19.7. The first kappa shape index (κ1) is 25.9. The van der Waals surface area contributed by atoms with E-state index in [0.717, 1.165) is 57.8 Å². The maximum atomic E-state index is 12.2. The summed E-state index contributed by atoms with van der Waals surface area (Å²) in [6.07, 6.45) is 18.4. The molecule has 160 valence electrons. The van der Waals surface area contributed by atoms with Crippen LogP contribution in [0.3, 0.4) is 0 Å². The summed E-state index contributed by atoms with van der Waals surface area (Å²) in [4.78, 5) is 22.7. The highest BCUT2D eigenvalue weighted by molar-refractivity contribution is 5.69. The van der Waals surface area contributed by atoms with Crippen LogP contribution in [0.15, 0.2) is 0 Å². The lowest BCUT2D eigenvalue weighted by Crippen LogP contribution is -2.18. The maximum Gasteiger partial charge on any atom is 0.306 e. The Balaban J connectivity index is 3.98. The fourth-order valence-corrected chi connectivity index (χ4v) is 3.36. The van der Waals surface area contributed by atoms with E-state index in [1.165, 1.54) is 44.9 Å². The molecule has 0 radical (unpaired) electrons. The standard InChI is InChI=1S/C23H44O4/c1-3-5-7-9-10-16-20-23(26)27-21(17-13-8-6-4-2)18-14-11-12-15-19-22(24)25/h21H,3-20H2,1-2H3,(H,24,25). The Bertz CT molecular complexity index is 354. The Hall–Kier alpha value is -1.06. The SMILES string of the molecule is CCCCCCCCC(=O)OC(CCCCCC)CCCCCCC(=O)O. The molecule has 0 saturated heterocycles. The van der Waals surface area contributed by atoms with Crippen molar-refractivity contribution in [2.75, 3.05) is 0 Å². The second-order valence-corrected chi connectivity index (χ2v) is 7.83. The molecule has 0 amide bonds. The van der Waals surface area contributed by atoms with Gasteiger partial charge in [-0.05, 0) is 38.5 Å². The monoisotopic (exact) mass is 384 g/mol. The average Bonchev–Trinajstić information content (AvgIpc) is 2.64. The Kier molecular flexibility index (Phi) is 18.9. The van der Waals surface area contributed by atoms with Gasteiger partial charge in [0.05, 0.1) is 0 Å². The zero-order valence-electron chi connectivity index (χ0n) is 18.0. The molecule has 4 heteroatoms. The third kappa shape index (κ3) is 19.5. The molecule has 0 aromatic rings. The van der Waals surface area contributed by atoms with Gasteiger partial charge in [-0.25, -0.2) is 0 Å². The van der Waals surface area contributed by atoms with Crippen molar-refractivity contribution < 1.29 is 19.4 Å². The van der Waals surface area contributed by atoms with Gasteiger partial charge in [-0.3, -0.25) is 9.59 Å². The molecule has 0 heterocycles. The summed E-state index contributed by atoms with van der Waals surface area (Å²) in [5, 5.41) is 8.67. The Morgan fingerprint density at radius 3 is 1.67 bits per heavy atom. The molecule has 0 saturated carbocycles. The van der Waals surface area contributed by atoms with Gasteiger partial charge in [0.1, 0.15) is 6.10 Å². The number of hydrogen-bond donors (Lipinski definition) is 1. The first-order chi connectivity index (χ1) is 13.1. The van der Waals surface area contributed by atoms with Crippen molar-refractivity contribution >= 4 is 11.9 Å². The minimum absolute atomic E-state index is 0.0307. The minimum atomic E-state index is -0.715. The molecule has 0 bridgehead atoms. The van der Waals surface area contributed by atoms with Crippen molar-refractivity contribution in [3.63, 3.8) is 0 Å². The van der Waals surface area contributed by atoms with Gasteiger partial charge >= 0.3 is 11.9 Å². The van der Waals surface area contributed by atoms with Gasteiger partial charge in [0.15, 0.2) is 0 Å². The van der Waals surface area contributed by atoms with Crippen LogP contribution in [0.4, 0.5) is 0 Å². The second-order valence-electron chi connectivity index (χ2n) is 7.83. The van der Waals surface area contributed by atoms with Crippen LogP contribution < -0.4 is 0 Å². The minimum Gasteiger partial charge on any atom is -0.481 e. The van der Waals surface area contributed by atoms with Gasteiger partial charge in [0.25, 0.3) is 0 Å². The van der Waals surface area contributed by atoms with Crippen LogP contribution in [0, 0.1) is 0 Å². The third-order valence-corrected chi connectivity index (χ3v) is 5.08. The largest absolute Gasteiger partial charge is 0.481 e. The molecule has 4 nitrogen and oxygen atoms in total. The van der Waals surface area contributed by atoms with Crippen molar-refractivity contribution in [2.24, 2.45) is 0 Å². The van der Waals surface area contributed by atoms with E-state index in [9.17, 15) is 9.59 Å². The van der Waals surface area contributed by atoms with E-state index >= 15 is 0 Å². The molecular weight excluding hydrogens is 340 g/mol. The van der Waals surface area contributed by atoms with E-state index in [0.29, 0.717) is 6.42 Å². The summed E-state index contributed by atoms with van der Waals surface area (Å²) >= 11 is 0. The van der Waals surface area contributed by atoms with Crippen LogP contribution in [-0.4, -0.2) is 23.1 Å². The van der Waals surface area contributed by atoms with Crippen molar-refractivity contribution in [1.82, 2.24) is 0 Å². The predicted octanol–water partition coefficient (Wildman–Crippen LogP) is 7.04. The van der Waals surface area contributed by atoms with Gasteiger partial charge < -0.3 is 9.84 Å². The molecule has 1 atom stereocenters. The summed E-state index contributed by atoms with van der Waals surface area (Å²) in [6.45, 7) is 4.42. The number of ether oxygens (including phenoxy) is 1. The zero-order valence-corrected chi connectivity index (χ0v) is 18.0. The molecule has 0 aliphatic rings. The lowest BCUT2D eigenvalue weighted by Gasteiger charge is -2.18. The van der Waals surface area contributed by atoms with Crippen LogP contribution in [0.5, 0.6) is 0 Å². The van der Waals surface area contributed by atoms with E-state index in [2.05, 4.69) is 13.8 Å². The fourth-order valence-electron chi connectivity index (χ4n) is 3.36. The highest BCUT2D eigenvalue weighted by Crippen LogP contribution is 2.17. The van der Waals surface area contributed by atoms with Crippen LogP contribution in [-0.2, 0) is 14.3 Å². The summed E-state index contributed by atoms with van der Waals surface area (Å²) in [7, 11) is 0. The number of rotatable bonds is 20. The van der Waals surface area contributed by atoms with Gasteiger partial charge in [0.2, 0.25) is 0 Å². The first-order valence-corrected chi connectivity index (χ1v) is 11.5. The topological polar surface area (TPSA) is 63.6 Å². The Morgan fingerprint density at radius 1 is 0.667 bits per heavy atom. The molecule has 0 rings (SSSR count). The van der Waals surface area contributed by atoms with Gasteiger partial charge in [-0.15, -0.1) is 0 Å². The van der Waals surface area contributed by atoms with E-state index in [1.807, 2.05) is 0 Å². The first-order valence-electron chi connectivity index (χ1n) is 11.5. The zero-order chi connectivity index (χ0) is 20.2. The number of hydrogen-bond acceptors (Lipinski definition) is 3. The van der Waals surface area contributed by atoms with Crippen molar-refractivity contribution in [2.45, 2.75) is 136 Å². The summed E-state index contributed by atoms with van der Waals surface area (Å²) < 4.78 is 5.77. The number of unbranched alkanes of at least 4 members (excludes halogenated alkanes) is 11. The maximum absolute atomic E-state index is 12.2. The van der Waals surface area contributed by atoms with Crippen LogP contribution >= 0.6 is 0 Å². The van der Waals surface area contributed by atoms with E-state index in [4.69, 9.17) is 9.84 Å². The summed E-state index contributed by atoms with van der Waals surface area (Å²) in [5.74, 6) is -0.746. The Morgan fingerprint density at radius 2 is 1.11 bits per heavy atom. The van der Waals surface area contributed by atoms with Crippen LogP contribution in [0.2, 0.25) is 0 Å². The highest BCUT2D eigenvalue weighted by Gasteiger charge is 2.14. The lowest BCUT2D eigenvalue weighted by molar-refractivity contribution is -0.150. The van der Waals surface area contributed by atoms with Crippen LogP contribution in [0.1, 0.15) is 129 Å². The van der Waals surface area contributed by atoms with Crippen LogP contribution in [0.25, 0.3) is 0 Å². The van der Waals surface area contributed by atoms with Gasteiger partial charge in [0, 0.05) is 12.8 Å². The van der Waals surface area contributed by atoms with Gasteiger partial charge in [-0.2, -0.15) is 0 Å². The van der Waals surface area contributed by atoms with Gasteiger partial charge in [-0.1, -0.05) is 78.1 Å². The molecule has 0 aromatic heterocycles.